The lowest BCUT2D eigenvalue weighted by Crippen LogP contribution is -2.14. The molecule has 0 aromatic rings. The zero-order valence-corrected chi connectivity index (χ0v) is 20.5. The minimum atomic E-state index is -2.35. The van der Waals surface area contributed by atoms with Gasteiger partial charge in [-0.1, -0.05) is 96.5 Å². The smallest absolute Gasteiger partial charge is 0.333 e. The molecule has 0 fully saturated rings. The molecule has 0 saturated carbocycles. The van der Waals surface area contributed by atoms with Crippen molar-refractivity contribution in [2.45, 2.75) is 122 Å². The van der Waals surface area contributed by atoms with E-state index >= 15 is 0 Å². The lowest BCUT2D eigenvalue weighted by atomic mass is 10.0. The maximum Gasteiger partial charge on any atom is 0.333 e. The first-order valence-electron chi connectivity index (χ1n) is 11.5. The van der Waals surface area contributed by atoms with Gasteiger partial charge in [-0.05, 0) is 19.8 Å². The fourth-order valence-corrected chi connectivity index (χ4v) is 3.65. The Morgan fingerprint density at radius 2 is 1.07 bits per heavy atom. The molecule has 0 atom stereocenters. The van der Waals surface area contributed by atoms with Crippen LogP contribution < -0.4 is 0 Å². The molecule has 28 heavy (non-hydrogen) atoms. The van der Waals surface area contributed by atoms with E-state index in [1.165, 1.54) is 70.6 Å². The van der Waals surface area contributed by atoms with Gasteiger partial charge in [-0.3, -0.25) is 0 Å². The number of hydrogen-bond donors (Lipinski definition) is 0. The summed E-state index contributed by atoms with van der Waals surface area (Å²) >= 11 is 0. The van der Waals surface area contributed by atoms with E-state index in [2.05, 4.69) is 6.58 Å². The number of carbonyl (C=O) groups is 1. The molecule has 0 aliphatic carbocycles. The van der Waals surface area contributed by atoms with Gasteiger partial charge in [-0.25, -0.2) is 13.6 Å². The Morgan fingerprint density at radius 3 is 1.39 bits per heavy atom. The van der Waals surface area contributed by atoms with Crippen LogP contribution in [0.15, 0.2) is 12.2 Å². The van der Waals surface area contributed by atoms with Crippen LogP contribution in [-0.4, -0.2) is 28.4 Å². The molecule has 0 amide bonds. The van der Waals surface area contributed by atoms with Crippen molar-refractivity contribution in [2.75, 3.05) is 6.61 Å². The molecule has 0 aromatic carbocycles. The van der Waals surface area contributed by atoms with Crippen LogP contribution in [0.3, 0.4) is 0 Å². The molecule has 5 heteroatoms. The van der Waals surface area contributed by atoms with Crippen LogP contribution in [0.25, 0.3) is 0 Å². The normalized spacial score (nSPS) is 11.7. The van der Waals surface area contributed by atoms with Gasteiger partial charge < -0.3 is 4.74 Å². The number of rotatable bonds is 20. The second-order valence-electron chi connectivity index (χ2n) is 8.39. The Bertz CT molecular complexity index is 395. The van der Waals surface area contributed by atoms with Gasteiger partial charge in [-0.15, -0.1) is 0 Å². The Kier molecular flexibility index (Phi) is 17.9. The van der Waals surface area contributed by atoms with E-state index in [0.29, 0.717) is 18.6 Å². The molecule has 0 spiro atoms. The van der Waals surface area contributed by atoms with Gasteiger partial charge in [0.05, 0.1) is 16.8 Å². The molecular weight excluding hydrogens is 374 g/mol. The van der Waals surface area contributed by atoms with E-state index in [1.807, 2.05) is 0 Å². The average molecular weight is 419 g/mol. The van der Waals surface area contributed by atoms with Crippen LogP contribution in [0.2, 0.25) is 0 Å². The number of ether oxygens (including phenoxy) is 1. The molecule has 0 bridgehead atoms. The van der Waals surface area contributed by atoms with Crippen LogP contribution in [0.4, 0.5) is 8.78 Å². The highest BCUT2D eigenvalue weighted by Crippen LogP contribution is 2.18. The molecule has 0 aliphatic rings. The summed E-state index contributed by atoms with van der Waals surface area (Å²) in [5, 5.41) is 0. The van der Waals surface area contributed by atoms with Gasteiger partial charge in [-0.2, -0.15) is 0 Å². The third kappa shape index (κ3) is 21.6. The van der Waals surface area contributed by atoms with Crippen LogP contribution in [0, 0.1) is 0 Å². The summed E-state index contributed by atoms with van der Waals surface area (Å²) in [6, 6.07) is 0. The molecule has 166 valence electrons. The molecule has 0 aromatic heterocycles. The van der Waals surface area contributed by atoms with Gasteiger partial charge in [0.1, 0.15) is 0 Å². The van der Waals surface area contributed by atoms with Crippen LogP contribution >= 0.6 is 0 Å². The van der Waals surface area contributed by atoms with Crippen molar-refractivity contribution in [1.29, 1.82) is 0 Å². The van der Waals surface area contributed by atoms with E-state index in [1.54, 1.807) is 6.92 Å². The molecule has 0 heterocycles. The summed E-state index contributed by atoms with van der Waals surface area (Å²) in [7, 11) is -0.00267. The predicted octanol–water partition coefficient (Wildman–Crippen LogP) is 6.70. The van der Waals surface area contributed by atoms with Gasteiger partial charge in [0.15, 0.2) is 0 Å². The van der Waals surface area contributed by atoms with Crippen molar-refractivity contribution in [2.24, 2.45) is 0 Å². The number of hydrogen-bond acceptors (Lipinski definition) is 2. The third-order valence-electron chi connectivity index (χ3n) is 5.09. The lowest BCUT2D eigenvalue weighted by Gasteiger charge is -2.09. The number of carbonyl (C=O) groups excluding carboxylic acids is 1. The molecule has 0 aliphatic heterocycles. The number of halogens is 2. The Morgan fingerprint density at radius 1 is 0.750 bits per heavy atom. The summed E-state index contributed by atoms with van der Waals surface area (Å²) in [5.41, 5.74) is -1.88. The molecule has 2 nitrogen and oxygen atoms in total. The van der Waals surface area contributed by atoms with Crippen LogP contribution in [0.5, 0.6) is 0 Å². The minimum absolute atomic E-state index is 0.00267. The SMILES string of the molecule is C=C(C)C(=O)OCCCCCCCCCCCCCCCCCCC(F)(F)[SiH3]. The van der Waals surface area contributed by atoms with Gasteiger partial charge >= 0.3 is 5.97 Å². The Hall–Kier alpha value is -0.713. The largest absolute Gasteiger partial charge is 0.462 e. The van der Waals surface area contributed by atoms with Crippen molar-refractivity contribution in [1.82, 2.24) is 0 Å². The third-order valence-corrected chi connectivity index (χ3v) is 5.59. The van der Waals surface area contributed by atoms with E-state index in [-0.39, 0.29) is 22.6 Å². The summed E-state index contributed by atoms with van der Waals surface area (Å²) in [5.74, 6) is -0.277. The van der Waals surface area contributed by atoms with Crippen molar-refractivity contribution >= 4 is 16.2 Å². The maximum absolute atomic E-state index is 12.7. The van der Waals surface area contributed by atoms with Gasteiger partial charge in [0.25, 0.3) is 0 Å². The van der Waals surface area contributed by atoms with E-state index in [0.717, 1.165) is 25.7 Å². The fraction of sp³-hybridized carbons (Fsp3) is 0.870. The van der Waals surface area contributed by atoms with Crippen molar-refractivity contribution in [3.8, 4) is 0 Å². The number of unbranched alkanes of at least 4 members (excludes halogenated alkanes) is 15. The lowest BCUT2D eigenvalue weighted by molar-refractivity contribution is -0.139. The van der Waals surface area contributed by atoms with Gasteiger partial charge in [0, 0.05) is 12.0 Å². The molecule has 0 unspecified atom stereocenters. The molecule has 0 N–H and O–H groups in total. The minimum Gasteiger partial charge on any atom is -0.462 e. The van der Waals surface area contributed by atoms with E-state index < -0.39 is 5.55 Å². The van der Waals surface area contributed by atoms with Crippen molar-refractivity contribution in [3.63, 3.8) is 0 Å². The summed E-state index contributed by atoms with van der Waals surface area (Å²) in [6.07, 6.45) is 19.2. The predicted molar refractivity (Wildman–Crippen MR) is 119 cm³/mol. The topological polar surface area (TPSA) is 26.3 Å². The maximum atomic E-state index is 12.7. The fourth-order valence-electron chi connectivity index (χ4n) is 3.30. The van der Waals surface area contributed by atoms with Crippen molar-refractivity contribution < 1.29 is 18.3 Å². The molecule has 0 radical (unpaired) electrons. The van der Waals surface area contributed by atoms with E-state index in [4.69, 9.17) is 4.74 Å². The summed E-state index contributed by atoms with van der Waals surface area (Å²) < 4.78 is 30.5. The monoisotopic (exact) mass is 418 g/mol. The molecule has 0 rings (SSSR count). The van der Waals surface area contributed by atoms with E-state index in [9.17, 15) is 13.6 Å². The zero-order chi connectivity index (χ0) is 21.1. The first-order chi connectivity index (χ1) is 13.3. The first kappa shape index (κ1) is 27.3. The number of esters is 1. The standard InChI is InChI=1S/C23H44F2O2Si/c1-21(2)22(26)27-20-18-16-14-12-10-8-6-4-3-5-7-9-11-13-15-17-19-23(24,25)28/h1,3-20H2,2,28H3. The van der Waals surface area contributed by atoms with Gasteiger partial charge in [0.2, 0.25) is 5.55 Å². The highest BCUT2D eigenvalue weighted by atomic mass is 28.1. The highest BCUT2D eigenvalue weighted by molar-refractivity contribution is 6.13. The summed E-state index contributed by atoms with van der Waals surface area (Å²) in [4.78, 5) is 11.2. The second-order valence-corrected chi connectivity index (χ2v) is 9.86. The van der Waals surface area contributed by atoms with Crippen LogP contribution in [-0.2, 0) is 9.53 Å². The van der Waals surface area contributed by atoms with Crippen molar-refractivity contribution in [3.05, 3.63) is 12.2 Å². The first-order valence-corrected chi connectivity index (χ1v) is 12.5. The molecule has 0 saturated heterocycles. The Labute approximate surface area is 175 Å². The Balaban J connectivity index is 3.10. The summed E-state index contributed by atoms with van der Waals surface area (Å²) in [6.45, 7) is 5.75. The molecular formula is C23H44F2O2Si. The highest BCUT2D eigenvalue weighted by Gasteiger charge is 2.18. The quantitative estimate of drug-likeness (QED) is 0.0952. The second kappa shape index (κ2) is 18.3. The average Bonchev–Trinajstić information content (AvgIpc) is 2.62. The number of alkyl halides is 2. The van der Waals surface area contributed by atoms with Crippen LogP contribution in [0.1, 0.15) is 116 Å². The zero-order valence-electron chi connectivity index (χ0n) is 18.5.